The summed E-state index contributed by atoms with van der Waals surface area (Å²) in [5, 5.41) is 6.82. The predicted octanol–water partition coefficient (Wildman–Crippen LogP) is 1.41. The maximum atomic E-state index is 11.7. The van der Waals surface area contributed by atoms with Gasteiger partial charge in [0.1, 0.15) is 0 Å². The SMILES string of the molecule is CC(CCl)C(C)NC(=O)c1cnn(C)c1. The molecule has 2 atom stereocenters. The number of nitrogens with zero attached hydrogens (tertiary/aromatic N) is 2. The average Bonchev–Trinajstić information content (AvgIpc) is 2.63. The summed E-state index contributed by atoms with van der Waals surface area (Å²) in [5.74, 6) is 0.689. The van der Waals surface area contributed by atoms with Gasteiger partial charge in [0.15, 0.2) is 0 Å². The normalized spacial score (nSPS) is 14.7. The molecule has 2 unspecified atom stereocenters. The maximum absolute atomic E-state index is 11.7. The van der Waals surface area contributed by atoms with E-state index >= 15 is 0 Å². The molecule has 0 spiro atoms. The molecule has 0 aromatic carbocycles. The fourth-order valence-corrected chi connectivity index (χ4v) is 1.37. The highest BCUT2D eigenvalue weighted by Crippen LogP contribution is 2.06. The molecule has 1 aromatic rings. The van der Waals surface area contributed by atoms with Gasteiger partial charge < -0.3 is 5.32 Å². The standard InChI is InChI=1S/C10H16ClN3O/c1-7(4-11)8(2)13-10(15)9-5-12-14(3)6-9/h5-8H,4H2,1-3H3,(H,13,15). The second kappa shape index (κ2) is 5.16. The fraction of sp³-hybridized carbons (Fsp3) is 0.600. The van der Waals surface area contributed by atoms with Crippen molar-refractivity contribution in [3.8, 4) is 0 Å². The van der Waals surface area contributed by atoms with Gasteiger partial charge >= 0.3 is 0 Å². The molecular formula is C10H16ClN3O. The Hall–Kier alpha value is -1.03. The molecule has 0 saturated carbocycles. The molecule has 0 bridgehead atoms. The molecule has 1 heterocycles. The minimum Gasteiger partial charge on any atom is -0.349 e. The van der Waals surface area contributed by atoms with Crippen molar-refractivity contribution in [2.75, 3.05) is 5.88 Å². The molecule has 0 aliphatic carbocycles. The van der Waals surface area contributed by atoms with Crippen LogP contribution in [0.25, 0.3) is 0 Å². The second-order valence-electron chi connectivity index (χ2n) is 3.80. The third-order valence-electron chi connectivity index (χ3n) is 2.42. The number of aryl methyl sites for hydroxylation is 1. The average molecular weight is 230 g/mol. The Kier molecular flexibility index (Phi) is 4.15. The van der Waals surface area contributed by atoms with Crippen LogP contribution in [0.1, 0.15) is 24.2 Å². The first-order chi connectivity index (χ1) is 7.04. The number of alkyl halides is 1. The van der Waals surface area contributed by atoms with E-state index in [4.69, 9.17) is 11.6 Å². The predicted molar refractivity (Wildman–Crippen MR) is 60.0 cm³/mol. The van der Waals surface area contributed by atoms with Crippen LogP contribution < -0.4 is 5.32 Å². The van der Waals surface area contributed by atoms with Crippen LogP contribution in [0.2, 0.25) is 0 Å². The Morgan fingerprint density at radius 2 is 2.33 bits per heavy atom. The van der Waals surface area contributed by atoms with Crippen LogP contribution in [0.5, 0.6) is 0 Å². The molecule has 0 fully saturated rings. The number of rotatable bonds is 4. The van der Waals surface area contributed by atoms with Gasteiger partial charge in [0.2, 0.25) is 0 Å². The minimum atomic E-state index is -0.104. The van der Waals surface area contributed by atoms with Gasteiger partial charge in [0, 0.05) is 25.2 Å². The monoisotopic (exact) mass is 229 g/mol. The summed E-state index contributed by atoms with van der Waals surface area (Å²) < 4.78 is 1.60. The van der Waals surface area contributed by atoms with Crippen molar-refractivity contribution in [3.63, 3.8) is 0 Å². The van der Waals surface area contributed by atoms with E-state index in [9.17, 15) is 4.79 Å². The number of carbonyl (C=O) groups is 1. The van der Waals surface area contributed by atoms with Crippen molar-refractivity contribution in [2.24, 2.45) is 13.0 Å². The Morgan fingerprint density at radius 3 is 2.80 bits per heavy atom. The fourth-order valence-electron chi connectivity index (χ4n) is 1.10. The molecule has 5 heteroatoms. The van der Waals surface area contributed by atoms with Crippen LogP contribution in [0, 0.1) is 5.92 Å². The summed E-state index contributed by atoms with van der Waals surface area (Å²) in [7, 11) is 1.78. The summed E-state index contributed by atoms with van der Waals surface area (Å²) in [5.41, 5.74) is 0.575. The number of nitrogens with one attached hydrogen (secondary N) is 1. The summed E-state index contributed by atoms with van der Waals surface area (Å²) in [4.78, 5) is 11.7. The molecule has 1 amide bonds. The van der Waals surface area contributed by atoms with E-state index in [0.29, 0.717) is 11.4 Å². The Balaban J connectivity index is 2.56. The number of hydrogen-bond donors (Lipinski definition) is 1. The van der Waals surface area contributed by atoms with Crippen molar-refractivity contribution in [1.29, 1.82) is 0 Å². The highest BCUT2D eigenvalue weighted by atomic mass is 35.5. The van der Waals surface area contributed by atoms with Crippen LogP contribution in [-0.4, -0.2) is 27.6 Å². The van der Waals surface area contributed by atoms with Gasteiger partial charge in [-0.3, -0.25) is 9.48 Å². The zero-order valence-corrected chi connectivity index (χ0v) is 9.95. The molecule has 84 valence electrons. The van der Waals surface area contributed by atoms with E-state index in [-0.39, 0.29) is 17.9 Å². The van der Waals surface area contributed by atoms with Crippen LogP contribution >= 0.6 is 11.6 Å². The summed E-state index contributed by atoms with van der Waals surface area (Å²) in [6.45, 7) is 3.95. The third kappa shape index (κ3) is 3.23. The van der Waals surface area contributed by atoms with Gasteiger partial charge in [-0.1, -0.05) is 6.92 Å². The van der Waals surface area contributed by atoms with Crippen LogP contribution in [0.4, 0.5) is 0 Å². The molecule has 0 aliphatic rings. The number of carbonyl (C=O) groups excluding carboxylic acids is 1. The smallest absolute Gasteiger partial charge is 0.254 e. The largest absolute Gasteiger partial charge is 0.349 e. The molecule has 0 radical (unpaired) electrons. The summed E-state index contributed by atoms with van der Waals surface area (Å²) in [6.07, 6.45) is 3.24. The highest BCUT2D eigenvalue weighted by molar-refractivity contribution is 6.18. The molecule has 4 nitrogen and oxygen atoms in total. The van der Waals surface area contributed by atoms with Crippen LogP contribution in [-0.2, 0) is 7.05 Å². The molecule has 1 rings (SSSR count). The molecule has 15 heavy (non-hydrogen) atoms. The Labute approximate surface area is 94.6 Å². The Bertz CT molecular complexity index is 337. The zero-order chi connectivity index (χ0) is 11.4. The molecule has 1 N–H and O–H groups in total. The molecule has 0 aliphatic heterocycles. The van der Waals surface area contributed by atoms with Gasteiger partial charge in [-0.2, -0.15) is 5.10 Å². The second-order valence-corrected chi connectivity index (χ2v) is 4.11. The van der Waals surface area contributed by atoms with E-state index < -0.39 is 0 Å². The first-order valence-corrected chi connectivity index (χ1v) is 5.43. The molecular weight excluding hydrogens is 214 g/mol. The van der Waals surface area contributed by atoms with Gasteiger partial charge in [0.05, 0.1) is 11.8 Å². The first kappa shape index (κ1) is 12.0. The highest BCUT2D eigenvalue weighted by Gasteiger charge is 2.15. The lowest BCUT2D eigenvalue weighted by molar-refractivity contribution is 0.0931. The van der Waals surface area contributed by atoms with Gasteiger partial charge in [-0.25, -0.2) is 0 Å². The van der Waals surface area contributed by atoms with Gasteiger partial charge in [-0.05, 0) is 12.8 Å². The van der Waals surface area contributed by atoms with Crippen molar-refractivity contribution >= 4 is 17.5 Å². The van der Waals surface area contributed by atoms with Crippen LogP contribution in [0.15, 0.2) is 12.4 Å². The lowest BCUT2D eigenvalue weighted by Gasteiger charge is -2.18. The first-order valence-electron chi connectivity index (χ1n) is 4.90. The van der Waals surface area contributed by atoms with E-state index in [2.05, 4.69) is 10.4 Å². The molecule has 1 aromatic heterocycles. The summed E-state index contributed by atoms with van der Waals surface area (Å²) >= 11 is 5.71. The van der Waals surface area contributed by atoms with Gasteiger partial charge in [-0.15, -0.1) is 11.6 Å². The minimum absolute atomic E-state index is 0.0650. The van der Waals surface area contributed by atoms with Crippen molar-refractivity contribution in [1.82, 2.24) is 15.1 Å². The summed E-state index contributed by atoms with van der Waals surface area (Å²) in [6, 6.07) is 0.0650. The number of aromatic nitrogens is 2. The van der Waals surface area contributed by atoms with Gasteiger partial charge in [0.25, 0.3) is 5.91 Å². The maximum Gasteiger partial charge on any atom is 0.254 e. The molecule has 0 saturated heterocycles. The van der Waals surface area contributed by atoms with E-state index in [1.165, 1.54) is 0 Å². The van der Waals surface area contributed by atoms with Crippen molar-refractivity contribution < 1.29 is 4.79 Å². The lowest BCUT2D eigenvalue weighted by Crippen LogP contribution is -2.37. The number of halogens is 1. The van der Waals surface area contributed by atoms with E-state index in [1.54, 1.807) is 24.1 Å². The lowest BCUT2D eigenvalue weighted by atomic mass is 10.1. The van der Waals surface area contributed by atoms with Crippen molar-refractivity contribution in [3.05, 3.63) is 18.0 Å². The number of amides is 1. The van der Waals surface area contributed by atoms with E-state index in [1.807, 2.05) is 13.8 Å². The number of hydrogen-bond acceptors (Lipinski definition) is 2. The zero-order valence-electron chi connectivity index (χ0n) is 9.20. The topological polar surface area (TPSA) is 46.9 Å². The van der Waals surface area contributed by atoms with Crippen LogP contribution in [0.3, 0.4) is 0 Å². The Morgan fingerprint density at radius 1 is 1.67 bits per heavy atom. The van der Waals surface area contributed by atoms with Crippen molar-refractivity contribution in [2.45, 2.75) is 19.9 Å². The quantitative estimate of drug-likeness (QED) is 0.794. The third-order valence-corrected chi connectivity index (χ3v) is 2.91. The van der Waals surface area contributed by atoms with E-state index in [0.717, 1.165) is 0 Å².